The van der Waals surface area contributed by atoms with Crippen molar-refractivity contribution in [2.45, 2.75) is 19.6 Å². The molecule has 1 N–H and O–H groups in total. The van der Waals surface area contributed by atoms with Gasteiger partial charge < -0.3 is 14.7 Å². The van der Waals surface area contributed by atoms with Gasteiger partial charge >= 0.3 is 5.97 Å². The number of amides is 1. The molecule has 8 heteroatoms. The highest BCUT2D eigenvalue weighted by atomic mass is 16.5. The van der Waals surface area contributed by atoms with Crippen molar-refractivity contribution in [2.75, 3.05) is 19.7 Å². The molecule has 1 atom stereocenters. The molecule has 0 spiro atoms. The Morgan fingerprint density at radius 2 is 2.39 bits per heavy atom. The molecule has 1 aliphatic heterocycles. The van der Waals surface area contributed by atoms with Crippen molar-refractivity contribution in [3.05, 3.63) is 11.9 Å². The summed E-state index contributed by atoms with van der Waals surface area (Å²) >= 11 is 0. The van der Waals surface area contributed by atoms with Crippen LogP contribution < -0.4 is 0 Å². The molecule has 1 aliphatic rings. The Bertz CT molecular complexity index is 458. The smallest absolute Gasteiger partial charge is 0.358 e. The van der Waals surface area contributed by atoms with Crippen LogP contribution in [0.5, 0.6) is 0 Å². The summed E-state index contributed by atoms with van der Waals surface area (Å²) in [5, 5.41) is 15.7. The van der Waals surface area contributed by atoms with Gasteiger partial charge in [0.1, 0.15) is 6.54 Å². The van der Waals surface area contributed by atoms with E-state index in [9.17, 15) is 9.59 Å². The maximum Gasteiger partial charge on any atom is 0.358 e. The fourth-order valence-corrected chi connectivity index (χ4v) is 1.76. The van der Waals surface area contributed by atoms with Gasteiger partial charge in [-0.1, -0.05) is 5.21 Å². The molecule has 0 aliphatic carbocycles. The number of morpholine rings is 1. The number of carbonyl (C=O) groups is 2. The van der Waals surface area contributed by atoms with E-state index in [4.69, 9.17) is 9.84 Å². The highest BCUT2D eigenvalue weighted by Gasteiger charge is 2.22. The maximum absolute atomic E-state index is 11.9. The Morgan fingerprint density at radius 3 is 3.00 bits per heavy atom. The number of aromatic carboxylic acids is 1. The molecule has 1 fully saturated rings. The molecular formula is C10H14N4O4. The predicted octanol–water partition coefficient (Wildman–Crippen LogP) is -0.776. The van der Waals surface area contributed by atoms with Crippen LogP contribution in [0.15, 0.2) is 6.20 Å². The summed E-state index contributed by atoms with van der Waals surface area (Å²) < 4.78 is 6.57. The first kappa shape index (κ1) is 12.5. The molecule has 0 aromatic carbocycles. The number of carbonyl (C=O) groups excluding carboxylic acids is 1. The minimum absolute atomic E-state index is 0.00694. The van der Waals surface area contributed by atoms with Crippen molar-refractivity contribution in [1.29, 1.82) is 0 Å². The third-order valence-electron chi connectivity index (χ3n) is 2.65. The van der Waals surface area contributed by atoms with Crippen LogP contribution in [-0.2, 0) is 16.1 Å². The first-order valence-corrected chi connectivity index (χ1v) is 5.59. The largest absolute Gasteiger partial charge is 0.476 e. The minimum atomic E-state index is -1.16. The lowest BCUT2D eigenvalue weighted by molar-refractivity contribution is -0.139. The molecule has 0 bridgehead atoms. The predicted molar refractivity (Wildman–Crippen MR) is 59.0 cm³/mol. The van der Waals surface area contributed by atoms with E-state index in [1.165, 1.54) is 10.9 Å². The van der Waals surface area contributed by atoms with Crippen molar-refractivity contribution in [2.24, 2.45) is 0 Å². The highest BCUT2D eigenvalue weighted by molar-refractivity contribution is 5.84. The zero-order valence-corrected chi connectivity index (χ0v) is 9.94. The average Bonchev–Trinajstić information content (AvgIpc) is 2.77. The fraction of sp³-hybridized carbons (Fsp3) is 0.600. The summed E-state index contributed by atoms with van der Waals surface area (Å²) in [6.07, 6.45) is 1.26. The lowest BCUT2D eigenvalue weighted by atomic mass is 10.3. The quantitative estimate of drug-likeness (QED) is 0.760. The zero-order chi connectivity index (χ0) is 13.1. The van der Waals surface area contributed by atoms with Crippen LogP contribution in [-0.4, -0.2) is 62.7 Å². The lowest BCUT2D eigenvalue weighted by Crippen LogP contribution is -2.45. The van der Waals surface area contributed by atoms with Gasteiger partial charge in [-0.3, -0.25) is 4.79 Å². The van der Waals surface area contributed by atoms with Gasteiger partial charge in [-0.05, 0) is 6.92 Å². The molecule has 1 amide bonds. The molecule has 1 unspecified atom stereocenters. The third kappa shape index (κ3) is 2.83. The third-order valence-corrected chi connectivity index (χ3v) is 2.65. The second-order valence-electron chi connectivity index (χ2n) is 4.13. The van der Waals surface area contributed by atoms with Crippen molar-refractivity contribution >= 4 is 11.9 Å². The van der Waals surface area contributed by atoms with Crippen molar-refractivity contribution in [1.82, 2.24) is 19.9 Å². The van der Waals surface area contributed by atoms with Gasteiger partial charge in [0.25, 0.3) is 0 Å². The van der Waals surface area contributed by atoms with Crippen LogP contribution in [0, 0.1) is 0 Å². The second-order valence-corrected chi connectivity index (χ2v) is 4.13. The first-order chi connectivity index (χ1) is 8.56. The molecule has 2 heterocycles. The SMILES string of the molecule is CC1CN(C(=O)Cn2cc(C(=O)O)nn2)CCO1. The molecule has 8 nitrogen and oxygen atoms in total. The topological polar surface area (TPSA) is 97.6 Å². The van der Waals surface area contributed by atoms with Crippen LogP contribution in [0.25, 0.3) is 0 Å². The Labute approximate surface area is 103 Å². The summed E-state index contributed by atoms with van der Waals surface area (Å²) in [6.45, 7) is 3.50. The number of aromatic nitrogens is 3. The number of hydrogen-bond donors (Lipinski definition) is 1. The van der Waals surface area contributed by atoms with Crippen molar-refractivity contribution in [3.8, 4) is 0 Å². The summed E-state index contributed by atoms with van der Waals surface area (Å²) in [5.74, 6) is -1.28. The van der Waals surface area contributed by atoms with E-state index in [1.54, 1.807) is 4.90 Å². The molecule has 0 radical (unpaired) electrons. The molecule has 2 rings (SSSR count). The van der Waals surface area contributed by atoms with E-state index in [0.717, 1.165) is 0 Å². The summed E-state index contributed by atoms with van der Waals surface area (Å²) in [7, 11) is 0. The molecule has 0 saturated carbocycles. The Balaban J connectivity index is 1.95. The van der Waals surface area contributed by atoms with Crippen LogP contribution >= 0.6 is 0 Å². The molecule has 1 saturated heterocycles. The Morgan fingerprint density at radius 1 is 1.61 bits per heavy atom. The molecular weight excluding hydrogens is 240 g/mol. The van der Waals surface area contributed by atoms with E-state index in [1.807, 2.05) is 6.92 Å². The summed E-state index contributed by atoms with van der Waals surface area (Å²) in [5.41, 5.74) is -0.168. The first-order valence-electron chi connectivity index (χ1n) is 5.59. The number of nitrogens with zero attached hydrogens (tertiary/aromatic N) is 4. The lowest BCUT2D eigenvalue weighted by Gasteiger charge is -2.31. The van der Waals surface area contributed by atoms with Gasteiger partial charge in [0.2, 0.25) is 5.91 Å². The molecule has 18 heavy (non-hydrogen) atoms. The number of rotatable bonds is 3. The monoisotopic (exact) mass is 254 g/mol. The standard InChI is InChI=1S/C10H14N4O4/c1-7-4-13(2-3-18-7)9(15)6-14-5-8(10(16)17)11-12-14/h5,7H,2-4,6H2,1H3,(H,16,17). The van der Waals surface area contributed by atoms with Crippen LogP contribution in [0.3, 0.4) is 0 Å². The minimum Gasteiger partial charge on any atom is -0.476 e. The summed E-state index contributed by atoms with van der Waals surface area (Å²) in [4.78, 5) is 24.2. The van der Waals surface area contributed by atoms with Crippen LogP contribution in [0.4, 0.5) is 0 Å². The number of hydrogen-bond acceptors (Lipinski definition) is 5. The summed E-state index contributed by atoms with van der Waals surface area (Å²) in [6, 6.07) is 0. The fourth-order valence-electron chi connectivity index (χ4n) is 1.76. The van der Waals surface area contributed by atoms with Crippen molar-refractivity contribution < 1.29 is 19.4 Å². The normalized spacial score (nSPS) is 19.8. The zero-order valence-electron chi connectivity index (χ0n) is 9.94. The van der Waals surface area contributed by atoms with Gasteiger partial charge in [-0.25, -0.2) is 9.48 Å². The number of carboxylic acids is 1. The molecule has 98 valence electrons. The van der Waals surface area contributed by atoms with Gasteiger partial charge in [-0.2, -0.15) is 0 Å². The average molecular weight is 254 g/mol. The van der Waals surface area contributed by atoms with E-state index < -0.39 is 5.97 Å². The van der Waals surface area contributed by atoms with Crippen LogP contribution in [0.1, 0.15) is 17.4 Å². The number of carboxylic acid groups (broad SMARTS) is 1. The molecule has 1 aromatic heterocycles. The van der Waals surface area contributed by atoms with Gasteiger partial charge in [-0.15, -0.1) is 5.10 Å². The van der Waals surface area contributed by atoms with E-state index in [0.29, 0.717) is 19.7 Å². The van der Waals surface area contributed by atoms with Crippen molar-refractivity contribution in [3.63, 3.8) is 0 Å². The van der Waals surface area contributed by atoms with E-state index in [-0.39, 0.29) is 24.2 Å². The van der Waals surface area contributed by atoms with Gasteiger partial charge in [0.15, 0.2) is 5.69 Å². The second kappa shape index (κ2) is 5.13. The van der Waals surface area contributed by atoms with Gasteiger partial charge in [0, 0.05) is 13.1 Å². The Hall–Kier alpha value is -1.96. The maximum atomic E-state index is 11.9. The van der Waals surface area contributed by atoms with E-state index >= 15 is 0 Å². The highest BCUT2D eigenvalue weighted by Crippen LogP contribution is 2.05. The van der Waals surface area contributed by atoms with Crippen LogP contribution in [0.2, 0.25) is 0 Å². The van der Waals surface area contributed by atoms with E-state index in [2.05, 4.69) is 10.3 Å². The molecule has 1 aromatic rings. The van der Waals surface area contributed by atoms with Gasteiger partial charge in [0.05, 0.1) is 18.9 Å². The number of ether oxygens (including phenoxy) is 1. The Kier molecular flexibility index (Phi) is 3.56.